The summed E-state index contributed by atoms with van der Waals surface area (Å²) in [4.78, 5) is 23.8. The predicted molar refractivity (Wildman–Crippen MR) is 101 cm³/mol. The van der Waals surface area contributed by atoms with Crippen molar-refractivity contribution in [3.05, 3.63) is 70.0 Å². The lowest BCUT2D eigenvalue weighted by Crippen LogP contribution is -2.03. The predicted octanol–water partition coefficient (Wildman–Crippen LogP) is 3.37. The number of anilines is 1. The highest BCUT2D eigenvalue weighted by molar-refractivity contribution is 7.99. The Morgan fingerprint density at radius 2 is 2.07 bits per heavy atom. The van der Waals surface area contributed by atoms with Crippen molar-refractivity contribution in [3.8, 4) is 0 Å². The number of amides is 1. The van der Waals surface area contributed by atoms with E-state index in [4.69, 9.17) is 0 Å². The number of nitro groups is 1. The number of nitro benzene ring substituents is 1. The van der Waals surface area contributed by atoms with E-state index in [1.807, 2.05) is 24.3 Å². The Hall–Kier alpha value is -3.46. The normalized spacial score (nSPS) is 14.3. The SMILES string of the molecule is Cn1cnnc1Sc1ccc(/C=C2\C(=O)Nc3ccccc32)cc1[N+](=O)[O-]. The molecule has 2 heterocycles. The third-order valence-corrected chi connectivity index (χ3v) is 5.19. The Morgan fingerprint density at radius 3 is 2.81 bits per heavy atom. The van der Waals surface area contributed by atoms with Gasteiger partial charge in [-0.05, 0) is 35.5 Å². The number of hydrogen-bond donors (Lipinski definition) is 1. The second-order valence-electron chi connectivity index (χ2n) is 5.87. The van der Waals surface area contributed by atoms with Crippen LogP contribution >= 0.6 is 11.8 Å². The number of nitrogens with zero attached hydrogens (tertiary/aromatic N) is 4. The summed E-state index contributed by atoms with van der Waals surface area (Å²) in [6.45, 7) is 0. The number of hydrogen-bond acceptors (Lipinski definition) is 6. The van der Waals surface area contributed by atoms with E-state index in [-0.39, 0.29) is 11.6 Å². The maximum absolute atomic E-state index is 12.2. The fourth-order valence-electron chi connectivity index (χ4n) is 2.77. The topological polar surface area (TPSA) is 103 Å². The number of carbonyl (C=O) groups excluding carboxylic acids is 1. The van der Waals surface area contributed by atoms with E-state index < -0.39 is 4.92 Å². The number of benzene rings is 2. The molecule has 9 heteroatoms. The van der Waals surface area contributed by atoms with Crippen LogP contribution in [0.5, 0.6) is 0 Å². The molecule has 134 valence electrons. The first-order valence-corrected chi connectivity index (χ1v) is 8.77. The number of rotatable bonds is 4. The molecule has 3 aromatic rings. The standard InChI is InChI=1S/C18H13N5O3S/c1-22-10-19-21-18(22)27-16-7-6-11(9-15(16)23(25)26)8-13-12-4-2-3-5-14(12)20-17(13)24/h2-10H,1H3,(H,20,24)/b13-8-. The molecule has 0 saturated carbocycles. The number of carbonyl (C=O) groups is 1. The van der Waals surface area contributed by atoms with Gasteiger partial charge in [-0.25, -0.2) is 0 Å². The highest BCUT2D eigenvalue weighted by atomic mass is 32.2. The molecule has 1 aliphatic heterocycles. The average molecular weight is 379 g/mol. The van der Waals surface area contributed by atoms with Gasteiger partial charge in [0.2, 0.25) is 0 Å². The largest absolute Gasteiger partial charge is 0.321 e. The Balaban J connectivity index is 1.73. The molecule has 8 nitrogen and oxygen atoms in total. The minimum atomic E-state index is -0.441. The van der Waals surface area contributed by atoms with Crippen LogP contribution in [0.3, 0.4) is 0 Å². The lowest BCUT2D eigenvalue weighted by Gasteiger charge is -2.04. The van der Waals surface area contributed by atoms with E-state index >= 15 is 0 Å². The van der Waals surface area contributed by atoms with Crippen LogP contribution in [0, 0.1) is 10.1 Å². The van der Waals surface area contributed by atoms with E-state index in [2.05, 4.69) is 15.5 Å². The van der Waals surface area contributed by atoms with Crippen LogP contribution in [-0.4, -0.2) is 25.6 Å². The summed E-state index contributed by atoms with van der Waals surface area (Å²) in [6.07, 6.45) is 3.19. The number of aryl methyl sites for hydroxylation is 1. The summed E-state index contributed by atoms with van der Waals surface area (Å²) in [5.41, 5.74) is 2.52. The average Bonchev–Trinajstić information content (AvgIpc) is 3.19. The molecule has 0 aliphatic carbocycles. The van der Waals surface area contributed by atoms with Gasteiger partial charge >= 0.3 is 0 Å². The van der Waals surface area contributed by atoms with Crippen LogP contribution in [0.25, 0.3) is 11.6 Å². The van der Waals surface area contributed by atoms with Crippen LogP contribution < -0.4 is 5.32 Å². The second kappa shape index (κ2) is 6.69. The van der Waals surface area contributed by atoms with Crippen molar-refractivity contribution in [1.82, 2.24) is 14.8 Å². The molecular weight excluding hydrogens is 366 g/mol. The molecule has 1 N–H and O–H groups in total. The van der Waals surface area contributed by atoms with Gasteiger partial charge in [0.15, 0.2) is 5.16 Å². The lowest BCUT2D eigenvalue weighted by atomic mass is 10.0. The monoisotopic (exact) mass is 379 g/mol. The smallest absolute Gasteiger partial charge is 0.283 e. The van der Waals surface area contributed by atoms with Gasteiger partial charge in [-0.15, -0.1) is 10.2 Å². The summed E-state index contributed by atoms with van der Waals surface area (Å²) >= 11 is 1.16. The molecule has 0 fully saturated rings. The molecule has 0 bridgehead atoms. The molecule has 2 aromatic carbocycles. The van der Waals surface area contributed by atoms with E-state index in [1.165, 1.54) is 12.4 Å². The van der Waals surface area contributed by atoms with Crippen molar-refractivity contribution in [1.29, 1.82) is 0 Å². The third kappa shape index (κ3) is 3.20. The minimum Gasteiger partial charge on any atom is -0.321 e. The third-order valence-electron chi connectivity index (χ3n) is 4.07. The zero-order valence-corrected chi connectivity index (χ0v) is 14.9. The van der Waals surface area contributed by atoms with Crippen LogP contribution in [0.1, 0.15) is 11.1 Å². The lowest BCUT2D eigenvalue weighted by molar-refractivity contribution is -0.387. The quantitative estimate of drug-likeness (QED) is 0.423. The summed E-state index contributed by atoms with van der Waals surface area (Å²) in [5, 5.41) is 22.6. The Bertz CT molecular complexity index is 1110. The van der Waals surface area contributed by atoms with E-state index in [0.717, 1.165) is 23.0 Å². The van der Waals surface area contributed by atoms with Crippen LogP contribution in [0.15, 0.2) is 58.8 Å². The summed E-state index contributed by atoms with van der Waals surface area (Å²) in [6, 6.07) is 12.2. The summed E-state index contributed by atoms with van der Waals surface area (Å²) < 4.78 is 1.68. The first-order valence-electron chi connectivity index (χ1n) is 7.95. The Labute approximate surface area is 158 Å². The number of para-hydroxylation sites is 1. The van der Waals surface area contributed by atoms with Crippen molar-refractivity contribution in [2.75, 3.05) is 5.32 Å². The maximum atomic E-state index is 12.2. The van der Waals surface area contributed by atoms with E-state index in [9.17, 15) is 14.9 Å². The molecule has 0 atom stereocenters. The molecular formula is C18H13N5O3S. The van der Waals surface area contributed by atoms with Crippen LogP contribution in [-0.2, 0) is 11.8 Å². The van der Waals surface area contributed by atoms with Gasteiger partial charge < -0.3 is 9.88 Å². The Morgan fingerprint density at radius 1 is 1.26 bits per heavy atom. The van der Waals surface area contributed by atoms with Crippen molar-refractivity contribution >= 4 is 40.7 Å². The van der Waals surface area contributed by atoms with E-state index in [0.29, 0.717) is 21.2 Å². The number of nitrogens with one attached hydrogen (secondary N) is 1. The minimum absolute atomic E-state index is 0.0518. The van der Waals surface area contributed by atoms with Gasteiger partial charge in [0.1, 0.15) is 6.33 Å². The van der Waals surface area contributed by atoms with Crippen molar-refractivity contribution in [3.63, 3.8) is 0 Å². The summed E-state index contributed by atoms with van der Waals surface area (Å²) in [7, 11) is 1.77. The molecule has 27 heavy (non-hydrogen) atoms. The number of aromatic nitrogens is 3. The van der Waals surface area contributed by atoms with Gasteiger partial charge in [-0.3, -0.25) is 14.9 Å². The highest BCUT2D eigenvalue weighted by Crippen LogP contribution is 2.36. The molecule has 1 aliphatic rings. The number of fused-ring (bicyclic) bond motifs is 1. The first kappa shape index (κ1) is 17.0. The van der Waals surface area contributed by atoms with Crippen molar-refractivity contribution < 1.29 is 9.72 Å². The van der Waals surface area contributed by atoms with Gasteiger partial charge in [-0.1, -0.05) is 24.3 Å². The Kier molecular flexibility index (Phi) is 4.21. The molecule has 1 amide bonds. The van der Waals surface area contributed by atoms with Crippen LogP contribution in [0.2, 0.25) is 0 Å². The highest BCUT2D eigenvalue weighted by Gasteiger charge is 2.24. The molecule has 0 radical (unpaired) electrons. The summed E-state index contributed by atoms with van der Waals surface area (Å²) in [5.74, 6) is -0.226. The van der Waals surface area contributed by atoms with Crippen LogP contribution in [0.4, 0.5) is 11.4 Å². The van der Waals surface area contributed by atoms with Gasteiger partial charge in [0.05, 0.1) is 9.82 Å². The van der Waals surface area contributed by atoms with Gasteiger partial charge in [-0.2, -0.15) is 0 Å². The van der Waals surface area contributed by atoms with Gasteiger partial charge in [0, 0.05) is 29.9 Å². The molecule has 0 spiro atoms. The fraction of sp³-hybridized carbons (Fsp3) is 0.0556. The maximum Gasteiger partial charge on any atom is 0.283 e. The first-order chi connectivity index (χ1) is 13.0. The second-order valence-corrected chi connectivity index (χ2v) is 6.88. The van der Waals surface area contributed by atoms with Crippen molar-refractivity contribution in [2.45, 2.75) is 10.1 Å². The fourth-order valence-corrected chi connectivity index (χ4v) is 3.62. The molecule has 0 unspecified atom stereocenters. The zero-order chi connectivity index (χ0) is 19.0. The zero-order valence-electron chi connectivity index (χ0n) is 14.1. The molecule has 1 aromatic heterocycles. The van der Waals surface area contributed by atoms with Crippen molar-refractivity contribution in [2.24, 2.45) is 7.05 Å². The van der Waals surface area contributed by atoms with Gasteiger partial charge in [0.25, 0.3) is 11.6 Å². The van der Waals surface area contributed by atoms with E-state index in [1.54, 1.807) is 29.8 Å². The molecule has 0 saturated heterocycles. The molecule has 4 rings (SSSR count).